The molecule has 1 aliphatic heterocycles. The van der Waals surface area contributed by atoms with E-state index < -0.39 is 0 Å². The van der Waals surface area contributed by atoms with Gasteiger partial charge in [0.15, 0.2) is 0 Å². The van der Waals surface area contributed by atoms with Crippen molar-refractivity contribution in [2.45, 2.75) is 6.10 Å². The fourth-order valence-corrected chi connectivity index (χ4v) is 1.55. The Bertz CT molecular complexity index is 475. The third kappa shape index (κ3) is 1.95. The van der Waals surface area contributed by atoms with E-state index in [-0.39, 0.29) is 0 Å². The molecule has 15 heavy (non-hydrogen) atoms. The van der Waals surface area contributed by atoms with E-state index >= 15 is 0 Å². The second-order valence-corrected chi connectivity index (χ2v) is 3.70. The molecule has 2 heteroatoms. The maximum Gasteiger partial charge on any atom is 0.120 e. The van der Waals surface area contributed by atoms with Crippen molar-refractivity contribution in [3.8, 4) is 5.75 Å². The van der Waals surface area contributed by atoms with Gasteiger partial charge in [-0.05, 0) is 35.0 Å². The standard InChI is InChI=1S/C13H11O2/c1-2-4-11-7-12(6-5-10(11)3-1)14-8-13-9-15-13/h2-7,13H,8-9H2. The number of rotatable bonds is 3. The molecule has 1 heterocycles. The Balaban J connectivity index is 1.84. The van der Waals surface area contributed by atoms with Crippen molar-refractivity contribution in [1.29, 1.82) is 0 Å². The van der Waals surface area contributed by atoms with Gasteiger partial charge in [0.05, 0.1) is 6.61 Å². The zero-order valence-electron chi connectivity index (χ0n) is 8.27. The summed E-state index contributed by atoms with van der Waals surface area (Å²) in [6.45, 7) is 1.49. The van der Waals surface area contributed by atoms with Gasteiger partial charge in [0.1, 0.15) is 18.5 Å². The Labute approximate surface area is 88.4 Å². The molecule has 0 aromatic heterocycles. The minimum atomic E-state index is 0.310. The first-order valence-electron chi connectivity index (χ1n) is 5.06. The number of fused-ring (bicyclic) bond motifs is 1. The largest absolute Gasteiger partial charge is 0.491 e. The topological polar surface area (TPSA) is 21.8 Å². The lowest BCUT2D eigenvalue weighted by atomic mass is 10.1. The second kappa shape index (κ2) is 3.55. The molecule has 1 aliphatic rings. The van der Waals surface area contributed by atoms with Crippen LogP contribution < -0.4 is 4.74 Å². The van der Waals surface area contributed by atoms with Crippen LogP contribution >= 0.6 is 0 Å². The van der Waals surface area contributed by atoms with Crippen LogP contribution in [0.25, 0.3) is 10.8 Å². The molecule has 1 atom stereocenters. The Morgan fingerprint density at radius 1 is 1.33 bits per heavy atom. The van der Waals surface area contributed by atoms with Gasteiger partial charge < -0.3 is 9.47 Å². The monoisotopic (exact) mass is 199 g/mol. The number of benzene rings is 2. The lowest BCUT2D eigenvalue weighted by Gasteiger charge is -2.05. The van der Waals surface area contributed by atoms with Gasteiger partial charge in [-0.3, -0.25) is 0 Å². The molecule has 1 fully saturated rings. The summed E-state index contributed by atoms with van der Waals surface area (Å²) >= 11 is 0. The molecular formula is C13H11O2. The van der Waals surface area contributed by atoms with Crippen LogP contribution in [0.5, 0.6) is 5.75 Å². The number of hydrogen-bond acceptors (Lipinski definition) is 2. The van der Waals surface area contributed by atoms with E-state index in [4.69, 9.17) is 9.47 Å². The van der Waals surface area contributed by atoms with E-state index in [1.54, 1.807) is 0 Å². The molecule has 1 radical (unpaired) electrons. The molecule has 75 valence electrons. The third-order valence-electron chi connectivity index (χ3n) is 2.49. The predicted molar refractivity (Wildman–Crippen MR) is 58.0 cm³/mol. The van der Waals surface area contributed by atoms with Crippen LogP contribution in [0.15, 0.2) is 36.4 Å². The van der Waals surface area contributed by atoms with Gasteiger partial charge in [-0.15, -0.1) is 0 Å². The molecule has 2 aromatic carbocycles. The van der Waals surface area contributed by atoms with Crippen molar-refractivity contribution in [2.75, 3.05) is 13.2 Å². The van der Waals surface area contributed by atoms with E-state index in [1.807, 2.05) is 30.3 Å². The minimum Gasteiger partial charge on any atom is -0.491 e. The maximum absolute atomic E-state index is 5.60. The van der Waals surface area contributed by atoms with Gasteiger partial charge >= 0.3 is 0 Å². The smallest absolute Gasteiger partial charge is 0.120 e. The molecule has 0 bridgehead atoms. The SMILES string of the molecule is [c]1ccc2cc(OCC3CO3)ccc2c1. The van der Waals surface area contributed by atoms with Gasteiger partial charge in [0, 0.05) is 0 Å². The lowest BCUT2D eigenvalue weighted by Crippen LogP contribution is -2.03. The summed E-state index contributed by atoms with van der Waals surface area (Å²) in [5.41, 5.74) is 0. The minimum absolute atomic E-state index is 0.310. The first kappa shape index (κ1) is 8.74. The summed E-state index contributed by atoms with van der Waals surface area (Å²) in [6, 6.07) is 15.1. The fourth-order valence-electron chi connectivity index (χ4n) is 1.55. The fraction of sp³-hybridized carbons (Fsp3) is 0.231. The van der Waals surface area contributed by atoms with Crippen LogP contribution in [0.1, 0.15) is 0 Å². The van der Waals surface area contributed by atoms with Gasteiger partial charge in [-0.1, -0.05) is 18.2 Å². The van der Waals surface area contributed by atoms with Crippen molar-refractivity contribution in [3.63, 3.8) is 0 Å². The Kier molecular flexibility index (Phi) is 2.07. The molecule has 2 nitrogen and oxygen atoms in total. The quantitative estimate of drug-likeness (QED) is 0.708. The average molecular weight is 199 g/mol. The summed E-state index contributed by atoms with van der Waals surface area (Å²) < 4.78 is 10.7. The molecular weight excluding hydrogens is 188 g/mol. The Hall–Kier alpha value is -1.54. The zero-order chi connectivity index (χ0) is 10.1. The van der Waals surface area contributed by atoms with Crippen LogP contribution in [-0.2, 0) is 4.74 Å². The van der Waals surface area contributed by atoms with E-state index in [2.05, 4.69) is 12.1 Å². The zero-order valence-corrected chi connectivity index (χ0v) is 8.27. The average Bonchev–Trinajstić information content (AvgIpc) is 3.10. The van der Waals surface area contributed by atoms with Gasteiger partial charge in [-0.25, -0.2) is 0 Å². The molecule has 0 spiro atoms. The number of ether oxygens (including phenoxy) is 2. The number of epoxide rings is 1. The van der Waals surface area contributed by atoms with Crippen molar-refractivity contribution in [1.82, 2.24) is 0 Å². The summed E-state index contributed by atoms with van der Waals surface area (Å²) in [4.78, 5) is 0. The van der Waals surface area contributed by atoms with Crippen LogP contribution in [0.2, 0.25) is 0 Å². The highest BCUT2D eigenvalue weighted by Gasteiger charge is 2.22. The first-order valence-corrected chi connectivity index (χ1v) is 5.06. The van der Waals surface area contributed by atoms with Crippen molar-refractivity contribution in [2.24, 2.45) is 0 Å². The highest BCUT2D eigenvalue weighted by atomic mass is 16.6. The highest BCUT2D eigenvalue weighted by Crippen LogP contribution is 2.21. The Morgan fingerprint density at radius 3 is 3.13 bits per heavy atom. The van der Waals surface area contributed by atoms with Gasteiger partial charge in [0.25, 0.3) is 0 Å². The molecule has 0 saturated carbocycles. The summed E-state index contributed by atoms with van der Waals surface area (Å²) in [5.74, 6) is 0.907. The Morgan fingerprint density at radius 2 is 2.27 bits per heavy atom. The van der Waals surface area contributed by atoms with E-state index in [0.717, 1.165) is 12.4 Å². The van der Waals surface area contributed by atoms with Crippen LogP contribution in [0.4, 0.5) is 0 Å². The van der Waals surface area contributed by atoms with Crippen molar-refractivity contribution in [3.05, 3.63) is 42.5 Å². The first-order chi connectivity index (χ1) is 7.42. The van der Waals surface area contributed by atoms with Crippen molar-refractivity contribution < 1.29 is 9.47 Å². The van der Waals surface area contributed by atoms with Gasteiger partial charge in [0.2, 0.25) is 0 Å². The molecule has 1 unspecified atom stereocenters. The van der Waals surface area contributed by atoms with E-state index in [0.29, 0.717) is 12.7 Å². The molecule has 0 N–H and O–H groups in total. The molecule has 0 aliphatic carbocycles. The van der Waals surface area contributed by atoms with Gasteiger partial charge in [-0.2, -0.15) is 0 Å². The van der Waals surface area contributed by atoms with E-state index in [9.17, 15) is 0 Å². The molecule has 2 aromatic rings. The van der Waals surface area contributed by atoms with E-state index in [1.165, 1.54) is 10.8 Å². The normalized spacial score (nSPS) is 19.1. The summed E-state index contributed by atoms with van der Waals surface area (Å²) in [7, 11) is 0. The van der Waals surface area contributed by atoms with Crippen LogP contribution in [-0.4, -0.2) is 19.3 Å². The summed E-state index contributed by atoms with van der Waals surface area (Å²) in [6.07, 6.45) is 0.310. The number of hydrogen-bond donors (Lipinski definition) is 0. The highest BCUT2D eigenvalue weighted by molar-refractivity contribution is 5.83. The lowest BCUT2D eigenvalue weighted by molar-refractivity contribution is 0.263. The second-order valence-electron chi connectivity index (χ2n) is 3.70. The molecule has 0 amide bonds. The van der Waals surface area contributed by atoms with Crippen LogP contribution in [0, 0.1) is 6.07 Å². The molecule has 1 saturated heterocycles. The summed E-state index contributed by atoms with van der Waals surface area (Å²) in [5, 5.41) is 2.37. The van der Waals surface area contributed by atoms with Crippen LogP contribution in [0.3, 0.4) is 0 Å². The predicted octanol–water partition coefficient (Wildman–Crippen LogP) is 2.42. The van der Waals surface area contributed by atoms with Crippen molar-refractivity contribution >= 4 is 10.8 Å². The maximum atomic E-state index is 5.60. The molecule has 3 rings (SSSR count). The third-order valence-corrected chi connectivity index (χ3v) is 2.49.